The zero-order valence-electron chi connectivity index (χ0n) is 12.7. The topological polar surface area (TPSA) is 59.5 Å². The molecule has 6 heteroatoms. The van der Waals surface area contributed by atoms with Crippen LogP contribution in [-0.4, -0.2) is 35.4 Å². The number of amides is 1. The van der Waals surface area contributed by atoms with Crippen LogP contribution in [-0.2, 0) is 16.1 Å². The highest BCUT2D eigenvalue weighted by molar-refractivity contribution is 9.10. The monoisotopic (exact) mass is 376 g/mol. The van der Waals surface area contributed by atoms with Gasteiger partial charge < -0.3 is 9.64 Å². The van der Waals surface area contributed by atoms with Gasteiger partial charge in [0.25, 0.3) is 5.91 Å². The summed E-state index contributed by atoms with van der Waals surface area (Å²) in [5, 5.41) is 0. The molecule has 0 N–H and O–H groups in total. The second-order valence-corrected chi connectivity index (χ2v) is 5.83. The SMILES string of the molecule is COC(=O)CCN(Cc1ccncc1)C(=O)c1ccc(Br)cc1. The van der Waals surface area contributed by atoms with Gasteiger partial charge in [-0.05, 0) is 42.0 Å². The van der Waals surface area contributed by atoms with Crippen molar-refractivity contribution in [3.8, 4) is 0 Å². The van der Waals surface area contributed by atoms with Crippen molar-refractivity contribution in [3.63, 3.8) is 0 Å². The first-order valence-electron chi connectivity index (χ1n) is 7.10. The van der Waals surface area contributed by atoms with Gasteiger partial charge in [0.05, 0.1) is 13.5 Å². The Morgan fingerprint density at radius 3 is 2.39 bits per heavy atom. The van der Waals surface area contributed by atoms with Crippen molar-refractivity contribution >= 4 is 27.8 Å². The molecule has 0 fully saturated rings. The molecule has 0 bridgehead atoms. The summed E-state index contributed by atoms with van der Waals surface area (Å²) in [6.45, 7) is 0.707. The number of aromatic nitrogens is 1. The van der Waals surface area contributed by atoms with E-state index < -0.39 is 0 Å². The number of rotatable bonds is 6. The predicted octanol–water partition coefficient (Wildman–Crippen LogP) is 3.05. The van der Waals surface area contributed by atoms with Crippen molar-refractivity contribution < 1.29 is 14.3 Å². The Morgan fingerprint density at radius 1 is 1.13 bits per heavy atom. The van der Waals surface area contributed by atoms with Crippen molar-refractivity contribution in [1.29, 1.82) is 0 Å². The molecule has 1 aromatic heterocycles. The van der Waals surface area contributed by atoms with E-state index in [1.807, 2.05) is 24.3 Å². The Labute approximate surface area is 143 Å². The number of carbonyl (C=O) groups is 2. The van der Waals surface area contributed by atoms with E-state index in [0.717, 1.165) is 10.0 Å². The smallest absolute Gasteiger partial charge is 0.307 e. The van der Waals surface area contributed by atoms with Gasteiger partial charge in [0.15, 0.2) is 0 Å². The van der Waals surface area contributed by atoms with Gasteiger partial charge in [0.2, 0.25) is 0 Å². The van der Waals surface area contributed by atoms with Crippen molar-refractivity contribution in [2.24, 2.45) is 0 Å². The molecule has 0 spiro atoms. The van der Waals surface area contributed by atoms with Gasteiger partial charge >= 0.3 is 5.97 Å². The number of ether oxygens (including phenoxy) is 1. The largest absolute Gasteiger partial charge is 0.469 e. The van der Waals surface area contributed by atoms with Gasteiger partial charge in [-0.15, -0.1) is 0 Å². The van der Waals surface area contributed by atoms with E-state index in [2.05, 4.69) is 25.7 Å². The summed E-state index contributed by atoms with van der Waals surface area (Å²) in [6.07, 6.45) is 3.51. The van der Waals surface area contributed by atoms with E-state index in [4.69, 9.17) is 0 Å². The van der Waals surface area contributed by atoms with E-state index in [1.165, 1.54) is 7.11 Å². The summed E-state index contributed by atoms with van der Waals surface area (Å²) in [4.78, 5) is 29.7. The Bertz CT molecular complexity index is 659. The van der Waals surface area contributed by atoms with Crippen LogP contribution in [0.15, 0.2) is 53.3 Å². The normalized spacial score (nSPS) is 10.2. The van der Waals surface area contributed by atoms with Gasteiger partial charge in [0.1, 0.15) is 0 Å². The molecule has 0 atom stereocenters. The predicted molar refractivity (Wildman–Crippen MR) is 89.8 cm³/mol. The molecule has 23 heavy (non-hydrogen) atoms. The Balaban J connectivity index is 2.15. The lowest BCUT2D eigenvalue weighted by molar-refractivity contribution is -0.140. The van der Waals surface area contributed by atoms with Crippen LogP contribution < -0.4 is 0 Å². The first kappa shape index (κ1) is 17.1. The molecule has 0 radical (unpaired) electrons. The molecular formula is C17H17BrN2O3. The van der Waals surface area contributed by atoms with Crippen molar-refractivity contribution in [2.45, 2.75) is 13.0 Å². The lowest BCUT2D eigenvalue weighted by Gasteiger charge is -2.22. The minimum absolute atomic E-state index is 0.127. The van der Waals surface area contributed by atoms with Crippen LogP contribution in [0.5, 0.6) is 0 Å². The van der Waals surface area contributed by atoms with Crippen LogP contribution in [0.25, 0.3) is 0 Å². The highest BCUT2D eigenvalue weighted by Crippen LogP contribution is 2.14. The van der Waals surface area contributed by atoms with Crippen LogP contribution in [0.3, 0.4) is 0 Å². The Hall–Kier alpha value is -2.21. The number of benzene rings is 1. The first-order valence-corrected chi connectivity index (χ1v) is 7.90. The molecule has 0 saturated heterocycles. The van der Waals surface area contributed by atoms with Gasteiger partial charge in [0, 0.05) is 35.5 Å². The fourth-order valence-electron chi connectivity index (χ4n) is 2.06. The zero-order valence-corrected chi connectivity index (χ0v) is 14.3. The second kappa shape index (κ2) is 8.43. The fraction of sp³-hybridized carbons (Fsp3) is 0.235. The Kier molecular flexibility index (Phi) is 6.29. The number of pyridine rings is 1. The van der Waals surface area contributed by atoms with Crippen molar-refractivity contribution in [2.75, 3.05) is 13.7 Å². The van der Waals surface area contributed by atoms with Crippen molar-refractivity contribution in [3.05, 3.63) is 64.4 Å². The van der Waals surface area contributed by atoms with Gasteiger partial charge in [-0.1, -0.05) is 15.9 Å². The minimum Gasteiger partial charge on any atom is -0.469 e. The van der Waals surface area contributed by atoms with Gasteiger partial charge in [-0.2, -0.15) is 0 Å². The molecule has 1 heterocycles. The highest BCUT2D eigenvalue weighted by atomic mass is 79.9. The number of nitrogens with zero attached hydrogens (tertiary/aromatic N) is 2. The van der Waals surface area contributed by atoms with Crippen LogP contribution in [0.4, 0.5) is 0 Å². The molecule has 5 nitrogen and oxygen atoms in total. The molecule has 0 saturated carbocycles. The summed E-state index contributed by atoms with van der Waals surface area (Å²) in [6, 6.07) is 10.8. The second-order valence-electron chi connectivity index (χ2n) is 4.92. The summed E-state index contributed by atoms with van der Waals surface area (Å²) in [5.41, 5.74) is 1.53. The number of hydrogen-bond donors (Lipinski definition) is 0. The maximum Gasteiger partial charge on any atom is 0.307 e. The highest BCUT2D eigenvalue weighted by Gasteiger charge is 2.17. The number of esters is 1. The number of carbonyl (C=O) groups excluding carboxylic acids is 2. The van der Waals surface area contributed by atoms with Crippen LogP contribution in [0.1, 0.15) is 22.3 Å². The molecule has 0 aliphatic carbocycles. The third-order valence-corrected chi connectivity index (χ3v) is 3.84. The summed E-state index contributed by atoms with van der Waals surface area (Å²) >= 11 is 3.35. The Morgan fingerprint density at radius 2 is 1.78 bits per heavy atom. The van der Waals surface area contributed by atoms with Crippen molar-refractivity contribution in [1.82, 2.24) is 9.88 Å². The van der Waals surface area contributed by atoms with E-state index >= 15 is 0 Å². The van der Waals surface area contributed by atoms with Gasteiger partial charge in [-0.3, -0.25) is 14.6 Å². The summed E-state index contributed by atoms with van der Waals surface area (Å²) in [5.74, 6) is -0.466. The lowest BCUT2D eigenvalue weighted by atomic mass is 10.1. The minimum atomic E-state index is -0.340. The number of halogens is 1. The van der Waals surface area contributed by atoms with Crippen LogP contribution >= 0.6 is 15.9 Å². The molecule has 0 aliphatic rings. The summed E-state index contributed by atoms with van der Waals surface area (Å²) in [7, 11) is 1.34. The average Bonchev–Trinajstić information content (AvgIpc) is 2.59. The molecule has 2 rings (SSSR count). The standard InChI is InChI=1S/C17H17BrN2O3/c1-23-16(21)8-11-20(12-13-6-9-19-10-7-13)17(22)14-2-4-15(18)5-3-14/h2-7,9-10H,8,11-12H2,1H3. The maximum atomic E-state index is 12.7. The van der Waals surface area contributed by atoms with Gasteiger partial charge in [-0.25, -0.2) is 0 Å². The third kappa shape index (κ3) is 5.17. The fourth-order valence-corrected chi connectivity index (χ4v) is 2.33. The third-order valence-electron chi connectivity index (χ3n) is 3.31. The zero-order chi connectivity index (χ0) is 16.7. The molecular weight excluding hydrogens is 360 g/mol. The van der Waals surface area contributed by atoms with E-state index in [0.29, 0.717) is 18.7 Å². The maximum absolute atomic E-state index is 12.7. The lowest BCUT2D eigenvalue weighted by Crippen LogP contribution is -2.32. The molecule has 0 aliphatic heterocycles. The van der Waals surface area contributed by atoms with Crippen LogP contribution in [0, 0.1) is 0 Å². The first-order chi connectivity index (χ1) is 11.1. The average molecular weight is 377 g/mol. The summed E-state index contributed by atoms with van der Waals surface area (Å²) < 4.78 is 5.57. The molecule has 0 unspecified atom stereocenters. The van der Waals surface area contributed by atoms with Crippen LogP contribution in [0.2, 0.25) is 0 Å². The number of methoxy groups -OCH3 is 1. The van der Waals surface area contributed by atoms with E-state index in [1.54, 1.807) is 29.4 Å². The van der Waals surface area contributed by atoms with E-state index in [9.17, 15) is 9.59 Å². The molecule has 1 amide bonds. The quantitative estimate of drug-likeness (QED) is 0.726. The molecule has 2 aromatic rings. The molecule has 1 aromatic carbocycles. The van der Waals surface area contributed by atoms with E-state index in [-0.39, 0.29) is 18.3 Å². The number of hydrogen-bond acceptors (Lipinski definition) is 4. The molecule has 120 valence electrons.